The van der Waals surface area contributed by atoms with Crippen LogP contribution in [0.4, 0.5) is 0 Å². The molecular formula is C16H11ClO4. The zero-order valence-electron chi connectivity index (χ0n) is 11.1. The number of carboxylic acids is 1. The van der Waals surface area contributed by atoms with E-state index in [1.807, 2.05) is 0 Å². The van der Waals surface area contributed by atoms with Crippen LogP contribution in [0.25, 0.3) is 0 Å². The molecule has 0 aliphatic heterocycles. The normalized spacial score (nSPS) is 10.2. The average Bonchev–Trinajstić information content (AvgIpc) is 2.46. The van der Waals surface area contributed by atoms with Gasteiger partial charge in [0.05, 0.1) is 5.56 Å². The van der Waals surface area contributed by atoms with Gasteiger partial charge in [-0.15, -0.1) is 0 Å². The fourth-order valence-electron chi connectivity index (χ4n) is 1.93. The molecule has 2 rings (SSSR count). The second-order valence-electron chi connectivity index (χ2n) is 4.46. The third kappa shape index (κ3) is 3.17. The summed E-state index contributed by atoms with van der Waals surface area (Å²) in [7, 11) is 0. The van der Waals surface area contributed by atoms with Crippen molar-refractivity contribution in [2.24, 2.45) is 0 Å². The van der Waals surface area contributed by atoms with E-state index in [1.165, 1.54) is 25.1 Å². The van der Waals surface area contributed by atoms with E-state index in [1.54, 1.807) is 24.3 Å². The molecule has 0 unspecified atom stereocenters. The van der Waals surface area contributed by atoms with Gasteiger partial charge in [0.2, 0.25) is 0 Å². The molecule has 0 fully saturated rings. The second-order valence-corrected chi connectivity index (χ2v) is 4.89. The quantitative estimate of drug-likeness (QED) is 0.878. The van der Waals surface area contributed by atoms with E-state index < -0.39 is 11.8 Å². The predicted octanol–water partition coefficient (Wildman–Crippen LogP) is 3.47. The topological polar surface area (TPSA) is 71.4 Å². The molecule has 0 saturated heterocycles. The van der Waals surface area contributed by atoms with Gasteiger partial charge < -0.3 is 5.11 Å². The molecule has 0 bridgehead atoms. The lowest BCUT2D eigenvalue weighted by atomic mass is 9.96. The summed E-state index contributed by atoms with van der Waals surface area (Å²) in [5.74, 6) is -1.91. The number of hydrogen-bond donors (Lipinski definition) is 1. The molecule has 0 aliphatic rings. The average molecular weight is 303 g/mol. The Hall–Kier alpha value is -2.46. The van der Waals surface area contributed by atoms with E-state index in [0.717, 1.165) is 0 Å². The maximum Gasteiger partial charge on any atom is 0.336 e. The van der Waals surface area contributed by atoms with Crippen LogP contribution in [0.5, 0.6) is 0 Å². The van der Waals surface area contributed by atoms with Gasteiger partial charge in [-0.25, -0.2) is 4.79 Å². The van der Waals surface area contributed by atoms with Crippen molar-refractivity contribution in [3.05, 3.63) is 69.7 Å². The predicted molar refractivity (Wildman–Crippen MR) is 78.3 cm³/mol. The molecule has 1 N–H and O–H groups in total. The molecule has 0 saturated carbocycles. The summed E-state index contributed by atoms with van der Waals surface area (Å²) >= 11 is 5.76. The van der Waals surface area contributed by atoms with Crippen molar-refractivity contribution < 1.29 is 19.5 Å². The minimum atomic E-state index is -1.20. The van der Waals surface area contributed by atoms with Crippen molar-refractivity contribution in [3.63, 3.8) is 0 Å². The summed E-state index contributed by atoms with van der Waals surface area (Å²) < 4.78 is 0. The van der Waals surface area contributed by atoms with Crippen molar-refractivity contribution in [2.45, 2.75) is 6.92 Å². The first-order valence-electron chi connectivity index (χ1n) is 6.08. The van der Waals surface area contributed by atoms with Crippen LogP contribution in [0.15, 0.2) is 42.5 Å². The fourth-order valence-corrected chi connectivity index (χ4v) is 2.06. The number of halogens is 1. The van der Waals surface area contributed by atoms with E-state index >= 15 is 0 Å². The zero-order chi connectivity index (χ0) is 15.6. The van der Waals surface area contributed by atoms with Crippen LogP contribution in [-0.2, 0) is 0 Å². The molecule has 2 aromatic carbocycles. The number of carboxylic acid groups (broad SMARTS) is 1. The van der Waals surface area contributed by atoms with Crippen LogP contribution in [0.3, 0.4) is 0 Å². The number of carbonyl (C=O) groups excluding carboxylic acids is 2. The zero-order valence-corrected chi connectivity index (χ0v) is 11.8. The molecule has 0 spiro atoms. The van der Waals surface area contributed by atoms with Crippen LogP contribution in [0.1, 0.15) is 43.6 Å². The molecule has 0 radical (unpaired) electrons. The first-order valence-corrected chi connectivity index (χ1v) is 6.46. The summed E-state index contributed by atoms with van der Waals surface area (Å²) in [4.78, 5) is 34.9. The Labute approximate surface area is 126 Å². The van der Waals surface area contributed by atoms with Gasteiger partial charge in [0.1, 0.15) is 0 Å². The molecule has 2 aromatic rings. The van der Waals surface area contributed by atoms with E-state index in [2.05, 4.69) is 0 Å². The number of benzene rings is 2. The first kappa shape index (κ1) is 14.9. The van der Waals surface area contributed by atoms with Crippen LogP contribution in [0, 0.1) is 0 Å². The Bertz CT molecular complexity index is 732. The van der Waals surface area contributed by atoms with Crippen LogP contribution in [-0.4, -0.2) is 22.6 Å². The lowest BCUT2D eigenvalue weighted by Crippen LogP contribution is -2.09. The molecule has 0 aromatic heterocycles. The van der Waals surface area contributed by atoms with Crippen molar-refractivity contribution in [3.8, 4) is 0 Å². The highest BCUT2D eigenvalue weighted by atomic mass is 35.5. The van der Waals surface area contributed by atoms with Gasteiger partial charge in [-0.05, 0) is 43.3 Å². The molecule has 0 heterocycles. The van der Waals surface area contributed by atoms with Crippen molar-refractivity contribution in [1.29, 1.82) is 0 Å². The monoisotopic (exact) mass is 302 g/mol. The van der Waals surface area contributed by atoms with E-state index in [4.69, 9.17) is 16.7 Å². The smallest absolute Gasteiger partial charge is 0.336 e. The Balaban J connectivity index is 2.47. The summed E-state index contributed by atoms with van der Waals surface area (Å²) in [5.41, 5.74) is 0.571. The maximum atomic E-state index is 12.3. The van der Waals surface area contributed by atoms with Crippen molar-refractivity contribution >= 4 is 29.1 Å². The third-order valence-corrected chi connectivity index (χ3v) is 3.25. The van der Waals surface area contributed by atoms with E-state index in [-0.39, 0.29) is 22.5 Å². The Morgan fingerprint density at radius 2 is 1.48 bits per heavy atom. The number of rotatable bonds is 4. The van der Waals surface area contributed by atoms with Gasteiger partial charge in [0.25, 0.3) is 0 Å². The second kappa shape index (κ2) is 5.89. The minimum Gasteiger partial charge on any atom is -0.478 e. The summed E-state index contributed by atoms with van der Waals surface area (Å²) in [6.45, 7) is 1.26. The summed E-state index contributed by atoms with van der Waals surface area (Å²) in [6.07, 6.45) is 0. The highest BCUT2D eigenvalue weighted by molar-refractivity contribution is 6.30. The minimum absolute atomic E-state index is 0.0160. The van der Waals surface area contributed by atoms with E-state index in [0.29, 0.717) is 10.6 Å². The lowest BCUT2D eigenvalue weighted by molar-refractivity contribution is 0.0692. The standard InChI is InChI=1S/C16H11ClO4/c1-9(18)14-8-11(4-7-13(14)16(20)21)15(19)10-2-5-12(17)6-3-10/h2-8H,1H3,(H,20,21). The highest BCUT2D eigenvalue weighted by Crippen LogP contribution is 2.18. The van der Waals surface area contributed by atoms with Crippen molar-refractivity contribution in [2.75, 3.05) is 0 Å². The third-order valence-electron chi connectivity index (χ3n) is 3.00. The number of Topliss-reactive ketones (excluding diaryl/α,β-unsaturated/α-hetero) is 1. The molecule has 106 valence electrons. The summed E-state index contributed by atoms with van der Waals surface area (Å²) in [5, 5.41) is 9.55. The van der Waals surface area contributed by atoms with Gasteiger partial charge in [0, 0.05) is 21.7 Å². The molecule has 0 aliphatic carbocycles. The number of hydrogen-bond acceptors (Lipinski definition) is 3. The van der Waals surface area contributed by atoms with Crippen molar-refractivity contribution in [1.82, 2.24) is 0 Å². The molecule has 0 amide bonds. The molecule has 0 atom stereocenters. The fraction of sp³-hybridized carbons (Fsp3) is 0.0625. The Morgan fingerprint density at radius 1 is 0.905 bits per heavy atom. The number of carbonyl (C=O) groups is 3. The summed E-state index contributed by atoms with van der Waals surface area (Å²) in [6, 6.07) is 10.3. The Morgan fingerprint density at radius 3 is 2.00 bits per heavy atom. The van der Waals surface area contributed by atoms with Gasteiger partial charge in [0.15, 0.2) is 11.6 Å². The van der Waals surface area contributed by atoms with Gasteiger partial charge in [-0.3, -0.25) is 9.59 Å². The van der Waals surface area contributed by atoms with Gasteiger partial charge in [-0.1, -0.05) is 17.7 Å². The number of ketones is 2. The molecule has 21 heavy (non-hydrogen) atoms. The lowest BCUT2D eigenvalue weighted by Gasteiger charge is -2.06. The largest absolute Gasteiger partial charge is 0.478 e. The first-order chi connectivity index (χ1) is 9.90. The van der Waals surface area contributed by atoms with E-state index in [9.17, 15) is 14.4 Å². The Kier molecular flexibility index (Phi) is 4.19. The number of aromatic carboxylic acids is 1. The molecular weight excluding hydrogens is 292 g/mol. The molecule has 4 nitrogen and oxygen atoms in total. The van der Waals surface area contributed by atoms with Gasteiger partial charge >= 0.3 is 5.97 Å². The molecule has 5 heteroatoms. The van der Waals surface area contributed by atoms with Crippen LogP contribution >= 0.6 is 11.6 Å². The SMILES string of the molecule is CC(=O)c1cc(C(=O)c2ccc(Cl)cc2)ccc1C(=O)O. The van der Waals surface area contributed by atoms with Gasteiger partial charge in [-0.2, -0.15) is 0 Å². The van der Waals surface area contributed by atoms with Crippen LogP contribution in [0.2, 0.25) is 5.02 Å². The highest BCUT2D eigenvalue weighted by Gasteiger charge is 2.17. The van der Waals surface area contributed by atoms with Crippen LogP contribution < -0.4 is 0 Å². The maximum absolute atomic E-state index is 12.3.